The van der Waals surface area contributed by atoms with E-state index in [0.717, 1.165) is 37.9 Å². The van der Waals surface area contributed by atoms with Crippen molar-refractivity contribution in [1.82, 2.24) is 15.6 Å². The van der Waals surface area contributed by atoms with Gasteiger partial charge in [0.1, 0.15) is 0 Å². The molecule has 0 spiro atoms. The van der Waals surface area contributed by atoms with Crippen molar-refractivity contribution in [3.05, 3.63) is 65.0 Å². The third-order valence-electron chi connectivity index (χ3n) is 4.95. The highest BCUT2D eigenvalue weighted by atomic mass is 19.4. The molecule has 3 N–H and O–H groups in total. The van der Waals surface area contributed by atoms with E-state index < -0.39 is 12.1 Å². The monoisotopic (exact) mass is 465 g/mol. The Balaban J connectivity index is 0.000000479. The third kappa shape index (κ3) is 9.40. The number of fused-ring (bicyclic) bond motifs is 1. The lowest BCUT2D eigenvalue weighted by Gasteiger charge is -2.08. The van der Waals surface area contributed by atoms with Crippen molar-refractivity contribution in [3.63, 3.8) is 0 Å². The van der Waals surface area contributed by atoms with Crippen LogP contribution in [-0.2, 0) is 28.9 Å². The zero-order valence-electron chi connectivity index (χ0n) is 18.0. The summed E-state index contributed by atoms with van der Waals surface area (Å²) in [5, 5.41) is 13.4. The Morgan fingerprint density at radius 3 is 2.39 bits per heavy atom. The molecule has 1 aliphatic rings. The second-order valence-corrected chi connectivity index (χ2v) is 7.42. The molecule has 1 aliphatic heterocycles. The number of carboxylic acid groups (broad SMARTS) is 1. The van der Waals surface area contributed by atoms with Gasteiger partial charge in [0.05, 0.1) is 0 Å². The number of Topliss-reactive ketones (excluding diaryl/α,β-unsaturated/α-hetero) is 1. The van der Waals surface area contributed by atoms with Gasteiger partial charge in [-0.25, -0.2) is 4.79 Å². The van der Waals surface area contributed by atoms with Crippen LogP contribution in [0.1, 0.15) is 39.9 Å². The van der Waals surface area contributed by atoms with Gasteiger partial charge >= 0.3 is 12.1 Å². The van der Waals surface area contributed by atoms with E-state index >= 15 is 0 Å². The molecule has 0 unspecified atom stereocenters. The summed E-state index contributed by atoms with van der Waals surface area (Å²) in [7, 11) is 0. The number of pyridine rings is 1. The van der Waals surface area contributed by atoms with Gasteiger partial charge in [0.15, 0.2) is 5.78 Å². The van der Waals surface area contributed by atoms with Crippen LogP contribution >= 0.6 is 0 Å². The second-order valence-electron chi connectivity index (χ2n) is 7.42. The number of hydrogen-bond acceptors (Lipinski definition) is 5. The fraction of sp³-hybridized carbons (Fsp3) is 0.391. The van der Waals surface area contributed by atoms with Gasteiger partial charge in [-0.3, -0.25) is 14.6 Å². The minimum atomic E-state index is -5.08. The van der Waals surface area contributed by atoms with E-state index in [2.05, 4.69) is 21.7 Å². The first-order chi connectivity index (χ1) is 15.7. The molecule has 1 aromatic heterocycles. The molecule has 3 rings (SSSR count). The smallest absolute Gasteiger partial charge is 0.475 e. The number of alkyl halides is 3. The summed E-state index contributed by atoms with van der Waals surface area (Å²) in [5.74, 6) is -2.80. The van der Waals surface area contributed by atoms with E-state index in [4.69, 9.17) is 9.90 Å². The number of amides is 1. The molecule has 1 amide bonds. The second kappa shape index (κ2) is 12.7. The Morgan fingerprint density at radius 2 is 1.76 bits per heavy atom. The van der Waals surface area contributed by atoms with Gasteiger partial charge in [0.2, 0.25) is 5.91 Å². The average molecular weight is 465 g/mol. The number of rotatable bonds is 7. The molecule has 0 atom stereocenters. The highest BCUT2D eigenvalue weighted by Crippen LogP contribution is 2.17. The van der Waals surface area contributed by atoms with Gasteiger partial charge in [-0.05, 0) is 61.2 Å². The van der Waals surface area contributed by atoms with Crippen LogP contribution in [0.5, 0.6) is 0 Å². The quantitative estimate of drug-likeness (QED) is 0.543. The molecule has 0 radical (unpaired) electrons. The SMILES string of the molecule is O=C(CCC(=O)c1ccc2c(c1)CCNCC2)NCCc1cccnc1.O=C(O)C(F)(F)F. The molecule has 10 heteroatoms. The molecule has 33 heavy (non-hydrogen) atoms. The van der Waals surface area contributed by atoms with Crippen LogP contribution in [-0.4, -0.2) is 53.6 Å². The lowest BCUT2D eigenvalue weighted by atomic mass is 9.97. The molecule has 7 nitrogen and oxygen atoms in total. The zero-order valence-corrected chi connectivity index (χ0v) is 18.0. The molecule has 0 saturated carbocycles. The van der Waals surface area contributed by atoms with E-state index in [1.54, 1.807) is 12.4 Å². The van der Waals surface area contributed by atoms with E-state index in [0.29, 0.717) is 12.1 Å². The van der Waals surface area contributed by atoms with Crippen LogP contribution in [0.25, 0.3) is 0 Å². The summed E-state index contributed by atoms with van der Waals surface area (Å²) in [6.45, 7) is 2.49. The number of benzene rings is 1. The first-order valence-corrected chi connectivity index (χ1v) is 10.5. The lowest BCUT2D eigenvalue weighted by Crippen LogP contribution is -2.26. The van der Waals surface area contributed by atoms with Crippen LogP contribution in [0.2, 0.25) is 0 Å². The van der Waals surface area contributed by atoms with Crippen LogP contribution < -0.4 is 10.6 Å². The van der Waals surface area contributed by atoms with Crippen molar-refractivity contribution in [2.75, 3.05) is 19.6 Å². The van der Waals surface area contributed by atoms with Crippen molar-refractivity contribution < 1.29 is 32.7 Å². The van der Waals surface area contributed by atoms with Crippen LogP contribution in [0, 0.1) is 0 Å². The number of aliphatic carboxylic acids is 1. The topological polar surface area (TPSA) is 108 Å². The normalized spacial score (nSPS) is 13.1. The zero-order chi connectivity index (χ0) is 24.3. The highest BCUT2D eigenvalue weighted by molar-refractivity contribution is 5.98. The minimum Gasteiger partial charge on any atom is -0.475 e. The van der Waals surface area contributed by atoms with Gasteiger partial charge in [-0.1, -0.05) is 18.2 Å². The van der Waals surface area contributed by atoms with Gasteiger partial charge in [-0.2, -0.15) is 13.2 Å². The summed E-state index contributed by atoms with van der Waals surface area (Å²) in [4.78, 5) is 37.3. The summed E-state index contributed by atoms with van der Waals surface area (Å²) >= 11 is 0. The molecule has 2 heterocycles. The molecule has 178 valence electrons. The van der Waals surface area contributed by atoms with Crippen molar-refractivity contribution in [2.45, 2.75) is 38.3 Å². The molecule has 0 fully saturated rings. The maximum atomic E-state index is 12.4. The number of carbonyl (C=O) groups is 3. The Morgan fingerprint density at radius 1 is 1.06 bits per heavy atom. The van der Waals surface area contributed by atoms with E-state index in [1.807, 2.05) is 24.3 Å². The number of carboxylic acids is 1. The fourth-order valence-corrected chi connectivity index (χ4v) is 3.20. The van der Waals surface area contributed by atoms with Gasteiger partial charge in [0.25, 0.3) is 0 Å². The Labute approximate surface area is 189 Å². The molecule has 0 bridgehead atoms. The fourth-order valence-electron chi connectivity index (χ4n) is 3.20. The Kier molecular flexibility index (Phi) is 9.99. The van der Waals surface area contributed by atoms with Gasteiger partial charge < -0.3 is 15.7 Å². The molecule has 2 aromatic rings. The van der Waals surface area contributed by atoms with Crippen LogP contribution in [0.3, 0.4) is 0 Å². The number of nitrogens with zero attached hydrogens (tertiary/aromatic N) is 1. The van der Waals surface area contributed by atoms with Crippen molar-refractivity contribution in [2.24, 2.45) is 0 Å². The summed E-state index contributed by atoms with van der Waals surface area (Å²) in [5.41, 5.74) is 4.37. The highest BCUT2D eigenvalue weighted by Gasteiger charge is 2.38. The summed E-state index contributed by atoms with van der Waals surface area (Å²) < 4.78 is 31.7. The molecule has 0 saturated heterocycles. The molecule has 1 aromatic carbocycles. The molecular weight excluding hydrogens is 439 g/mol. The molecule has 0 aliphatic carbocycles. The van der Waals surface area contributed by atoms with Crippen LogP contribution in [0.4, 0.5) is 13.2 Å². The number of carbonyl (C=O) groups excluding carboxylic acids is 2. The summed E-state index contributed by atoms with van der Waals surface area (Å²) in [6.07, 6.45) is 1.61. The number of hydrogen-bond donors (Lipinski definition) is 3. The van der Waals surface area contributed by atoms with E-state index in [-0.39, 0.29) is 24.5 Å². The van der Waals surface area contributed by atoms with Crippen molar-refractivity contribution in [3.8, 4) is 0 Å². The van der Waals surface area contributed by atoms with Crippen molar-refractivity contribution in [1.29, 1.82) is 0 Å². The number of aromatic nitrogens is 1. The number of halogens is 3. The molecular formula is C23H26F3N3O4. The first-order valence-electron chi connectivity index (χ1n) is 10.5. The standard InChI is InChI=1S/C21H25N3O2.C2HF3O2/c25-20(19-4-3-17-8-11-22-12-9-18(17)14-19)5-6-21(26)24-13-7-16-2-1-10-23-15-16;3-2(4,5)1(6)7/h1-4,10,14-15,22H,5-9,11-13H2,(H,24,26);(H,6,7). The van der Waals surface area contributed by atoms with E-state index in [9.17, 15) is 22.8 Å². The minimum absolute atomic E-state index is 0.0346. The van der Waals surface area contributed by atoms with E-state index in [1.165, 1.54) is 11.1 Å². The third-order valence-corrected chi connectivity index (χ3v) is 4.95. The van der Waals surface area contributed by atoms with Gasteiger partial charge in [-0.15, -0.1) is 0 Å². The average Bonchev–Trinajstić information content (AvgIpc) is 3.03. The summed E-state index contributed by atoms with van der Waals surface area (Å²) in [6, 6.07) is 9.82. The lowest BCUT2D eigenvalue weighted by molar-refractivity contribution is -0.192. The maximum absolute atomic E-state index is 12.4. The number of ketones is 1. The predicted octanol–water partition coefficient (Wildman–Crippen LogP) is 2.72. The van der Waals surface area contributed by atoms with Gasteiger partial charge in [0, 0.05) is 37.3 Å². The van der Waals surface area contributed by atoms with Crippen molar-refractivity contribution >= 4 is 17.7 Å². The van der Waals surface area contributed by atoms with Crippen LogP contribution in [0.15, 0.2) is 42.7 Å². The Hall–Kier alpha value is -3.27. The predicted molar refractivity (Wildman–Crippen MR) is 115 cm³/mol. The largest absolute Gasteiger partial charge is 0.490 e. The Bertz CT molecular complexity index is 950. The maximum Gasteiger partial charge on any atom is 0.490 e. The first kappa shape index (κ1) is 26.0. The number of nitrogens with one attached hydrogen (secondary N) is 2.